The van der Waals surface area contributed by atoms with Gasteiger partial charge in [-0.1, -0.05) is 6.42 Å². The number of nitrogens with zero attached hydrogens (tertiary/aromatic N) is 1. The number of H-pyrrole nitrogens is 1. The first-order valence-corrected chi connectivity index (χ1v) is 5.26. The number of nitrogens with two attached hydrogens (primary N) is 1. The molecule has 0 saturated heterocycles. The second-order valence-corrected chi connectivity index (χ2v) is 4.32. The maximum absolute atomic E-state index is 12.5. The Morgan fingerprint density at radius 2 is 2.12 bits per heavy atom. The van der Waals surface area contributed by atoms with Gasteiger partial charge in [-0.15, -0.1) is 0 Å². The Morgan fingerprint density at radius 1 is 1.47 bits per heavy atom. The molecule has 1 aliphatic rings. The minimum Gasteiger partial charge on any atom is -0.329 e. The summed E-state index contributed by atoms with van der Waals surface area (Å²) < 4.78 is 37.5. The Kier molecular flexibility index (Phi) is 2.73. The Morgan fingerprint density at radius 3 is 2.53 bits per heavy atom. The molecule has 0 bridgehead atoms. The molecule has 94 valence electrons. The summed E-state index contributed by atoms with van der Waals surface area (Å²) >= 11 is 0. The van der Waals surface area contributed by atoms with Gasteiger partial charge in [-0.25, -0.2) is 4.98 Å². The van der Waals surface area contributed by atoms with Gasteiger partial charge in [-0.3, -0.25) is 4.79 Å². The van der Waals surface area contributed by atoms with Gasteiger partial charge in [0.1, 0.15) is 5.82 Å². The molecule has 0 unspecified atom stereocenters. The minimum atomic E-state index is -4.61. The van der Waals surface area contributed by atoms with Crippen LogP contribution in [0, 0.1) is 0 Å². The predicted octanol–water partition coefficient (Wildman–Crippen LogP) is 1.17. The molecule has 0 radical (unpaired) electrons. The van der Waals surface area contributed by atoms with Crippen LogP contribution in [-0.4, -0.2) is 16.5 Å². The molecule has 1 fully saturated rings. The number of hydrogen-bond donors (Lipinski definition) is 2. The van der Waals surface area contributed by atoms with E-state index in [-0.39, 0.29) is 12.4 Å². The second kappa shape index (κ2) is 3.83. The van der Waals surface area contributed by atoms with Crippen molar-refractivity contribution < 1.29 is 13.2 Å². The fraction of sp³-hybridized carbons (Fsp3) is 0.600. The second-order valence-electron chi connectivity index (χ2n) is 4.32. The highest BCUT2D eigenvalue weighted by atomic mass is 19.4. The van der Waals surface area contributed by atoms with Crippen molar-refractivity contribution in [1.29, 1.82) is 0 Å². The normalized spacial score (nSPS) is 18.8. The number of halogens is 3. The average molecular weight is 247 g/mol. The van der Waals surface area contributed by atoms with Crippen molar-refractivity contribution in [3.05, 3.63) is 27.9 Å². The van der Waals surface area contributed by atoms with Crippen LogP contribution < -0.4 is 11.3 Å². The fourth-order valence-corrected chi connectivity index (χ4v) is 2.00. The van der Waals surface area contributed by atoms with E-state index in [0.717, 1.165) is 6.42 Å². The first kappa shape index (κ1) is 12.1. The van der Waals surface area contributed by atoms with Crippen LogP contribution in [0.15, 0.2) is 10.9 Å². The maximum atomic E-state index is 12.5. The summed E-state index contributed by atoms with van der Waals surface area (Å²) in [7, 11) is 0. The van der Waals surface area contributed by atoms with Gasteiger partial charge in [0.25, 0.3) is 5.56 Å². The van der Waals surface area contributed by atoms with Crippen molar-refractivity contribution in [1.82, 2.24) is 9.97 Å². The number of nitrogens with one attached hydrogen (secondary N) is 1. The number of aromatic nitrogens is 2. The van der Waals surface area contributed by atoms with E-state index >= 15 is 0 Å². The first-order valence-electron chi connectivity index (χ1n) is 5.26. The SMILES string of the molecule is NCC1(c2nc(C(F)(F)F)cc(=O)[nH]2)CCC1. The Bertz CT molecular complexity index is 471. The van der Waals surface area contributed by atoms with Crippen molar-refractivity contribution in [2.24, 2.45) is 5.73 Å². The average Bonchev–Trinajstić information content (AvgIpc) is 2.14. The number of rotatable bonds is 2. The van der Waals surface area contributed by atoms with Crippen molar-refractivity contribution in [3.63, 3.8) is 0 Å². The van der Waals surface area contributed by atoms with Crippen LogP contribution in [0.2, 0.25) is 0 Å². The molecular formula is C10H12F3N3O. The van der Waals surface area contributed by atoms with Crippen LogP contribution in [0.5, 0.6) is 0 Å². The van der Waals surface area contributed by atoms with E-state index in [1.54, 1.807) is 0 Å². The summed E-state index contributed by atoms with van der Waals surface area (Å²) in [4.78, 5) is 17.1. The third-order valence-corrected chi connectivity index (χ3v) is 3.24. The summed E-state index contributed by atoms with van der Waals surface area (Å²) in [5, 5.41) is 0. The number of alkyl halides is 3. The number of hydrogen-bond acceptors (Lipinski definition) is 3. The van der Waals surface area contributed by atoms with Crippen LogP contribution in [-0.2, 0) is 11.6 Å². The molecule has 0 spiro atoms. The lowest BCUT2D eigenvalue weighted by Crippen LogP contribution is -2.44. The van der Waals surface area contributed by atoms with E-state index < -0.39 is 22.8 Å². The van der Waals surface area contributed by atoms with Gasteiger partial charge in [-0.05, 0) is 12.8 Å². The smallest absolute Gasteiger partial charge is 0.329 e. The van der Waals surface area contributed by atoms with Crippen LogP contribution in [0.1, 0.15) is 30.8 Å². The van der Waals surface area contributed by atoms with E-state index in [0.29, 0.717) is 18.9 Å². The van der Waals surface area contributed by atoms with Crippen LogP contribution in [0.3, 0.4) is 0 Å². The standard InChI is InChI=1S/C10H12F3N3O/c11-10(12,13)6-4-7(17)16-8(15-6)9(5-14)2-1-3-9/h4H,1-3,5,14H2,(H,15,16,17). The zero-order chi connectivity index (χ0) is 12.7. The molecule has 3 N–H and O–H groups in total. The minimum absolute atomic E-state index is 0.0612. The van der Waals surface area contributed by atoms with Gasteiger partial charge in [0.05, 0.1) is 0 Å². The van der Waals surface area contributed by atoms with E-state index in [2.05, 4.69) is 9.97 Å². The fourth-order valence-electron chi connectivity index (χ4n) is 2.00. The quantitative estimate of drug-likeness (QED) is 0.824. The lowest BCUT2D eigenvalue weighted by Gasteiger charge is -2.39. The lowest BCUT2D eigenvalue weighted by atomic mass is 9.68. The van der Waals surface area contributed by atoms with Crippen molar-refractivity contribution >= 4 is 0 Å². The Labute approximate surface area is 95.1 Å². The molecule has 1 aromatic heterocycles. The van der Waals surface area contributed by atoms with Crippen molar-refractivity contribution in [2.45, 2.75) is 30.9 Å². The Hall–Kier alpha value is -1.37. The molecule has 0 aromatic carbocycles. The predicted molar refractivity (Wildman–Crippen MR) is 54.4 cm³/mol. The highest BCUT2D eigenvalue weighted by Crippen LogP contribution is 2.41. The maximum Gasteiger partial charge on any atom is 0.433 e. The van der Waals surface area contributed by atoms with Gasteiger partial charge in [0.2, 0.25) is 0 Å². The van der Waals surface area contributed by atoms with Crippen LogP contribution in [0.25, 0.3) is 0 Å². The monoisotopic (exact) mass is 247 g/mol. The van der Waals surface area contributed by atoms with Crippen LogP contribution in [0.4, 0.5) is 13.2 Å². The Balaban J connectivity index is 2.49. The van der Waals surface area contributed by atoms with Gasteiger partial charge in [0.15, 0.2) is 5.69 Å². The molecule has 4 nitrogen and oxygen atoms in total. The molecule has 2 rings (SSSR count). The molecule has 0 atom stereocenters. The van der Waals surface area contributed by atoms with Crippen LogP contribution >= 0.6 is 0 Å². The van der Waals surface area contributed by atoms with Gasteiger partial charge >= 0.3 is 6.18 Å². The van der Waals surface area contributed by atoms with Gasteiger partial charge in [-0.2, -0.15) is 13.2 Å². The number of aromatic amines is 1. The molecule has 0 amide bonds. The summed E-state index contributed by atoms with van der Waals surface area (Å²) in [5.74, 6) is 0.0612. The molecule has 7 heteroatoms. The van der Waals surface area contributed by atoms with E-state index in [9.17, 15) is 18.0 Å². The van der Waals surface area contributed by atoms with Crippen molar-refractivity contribution in [3.8, 4) is 0 Å². The zero-order valence-electron chi connectivity index (χ0n) is 8.97. The van der Waals surface area contributed by atoms with Gasteiger partial charge < -0.3 is 10.7 Å². The third-order valence-electron chi connectivity index (χ3n) is 3.24. The molecule has 17 heavy (non-hydrogen) atoms. The molecule has 1 heterocycles. The summed E-state index contributed by atoms with van der Waals surface area (Å²) in [5.41, 5.74) is 3.04. The van der Waals surface area contributed by atoms with E-state index in [1.165, 1.54) is 0 Å². The van der Waals surface area contributed by atoms with E-state index in [1.807, 2.05) is 0 Å². The molecule has 1 aliphatic carbocycles. The molecule has 1 saturated carbocycles. The molecular weight excluding hydrogens is 235 g/mol. The topological polar surface area (TPSA) is 71.8 Å². The molecule has 1 aromatic rings. The highest BCUT2D eigenvalue weighted by Gasteiger charge is 2.42. The summed E-state index contributed by atoms with van der Waals surface area (Å²) in [6.45, 7) is 0.192. The highest BCUT2D eigenvalue weighted by molar-refractivity contribution is 5.17. The lowest BCUT2D eigenvalue weighted by molar-refractivity contribution is -0.141. The third kappa shape index (κ3) is 2.06. The van der Waals surface area contributed by atoms with E-state index in [4.69, 9.17) is 5.73 Å². The zero-order valence-corrected chi connectivity index (χ0v) is 8.97. The van der Waals surface area contributed by atoms with Crippen molar-refractivity contribution in [2.75, 3.05) is 6.54 Å². The largest absolute Gasteiger partial charge is 0.433 e. The van der Waals surface area contributed by atoms with Gasteiger partial charge in [0, 0.05) is 18.0 Å². The summed E-state index contributed by atoms with van der Waals surface area (Å²) in [6, 6.07) is 0.465. The summed E-state index contributed by atoms with van der Waals surface area (Å²) in [6.07, 6.45) is -2.40. The first-order chi connectivity index (χ1) is 7.87. The molecule has 0 aliphatic heterocycles.